The number of amidine groups is 1. The van der Waals surface area contributed by atoms with Crippen LogP contribution >= 0.6 is 35.0 Å². The number of carboxylic acids is 1. The van der Waals surface area contributed by atoms with E-state index in [1.807, 2.05) is 18.2 Å². The van der Waals surface area contributed by atoms with Gasteiger partial charge in [-0.2, -0.15) is 0 Å². The molecule has 0 saturated carbocycles. The van der Waals surface area contributed by atoms with Gasteiger partial charge in [-0.05, 0) is 59.8 Å². The van der Waals surface area contributed by atoms with Crippen molar-refractivity contribution in [3.05, 3.63) is 98.4 Å². The number of aromatic carboxylic acids is 1. The van der Waals surface area contributed by atoms with Crippen molar-refractivity contribution in [2.45, 2.75) is 6.61 Å². The van der Waals surface area contributed by atoms with E-state index >= 15 is 0 Å². The summed E-state index contributed by atoms with van der Waals surface area (Å²) in [4.78, 5) is 30.2. The SMILES string of the molecule is CN1C(=O)C(=Cc2ccc(OCc3ccccc3Cl)c(Cl)c2)SC1=Nc1cccc(C(=O)O)c1. The quantitative estimate of drug-likeness (QED) is 0.381. The highest BCUT2D eigenvalue weighted by atomic mass is 35.5. The molecule has 1 N–H and O–H groups in total. The summed E-state index contributed by atoms with van der Waals surface area (Å²) in [6, 6.07) is 18.9. The zero-order valence-electron chi connectivity index (χ0n) is 17.9. The summed E-state index contributed by atoms with van der Waals surface area (Å²) >= 11 is 13.8. The first-order valence-electron chi connectivity index (χ1n) is 10.1. The van der Waals surface area contributed by atoms with Crippen molar-refractivity contribution in [1.29, 1.82) is 0 Å². The Balaban J connectivity index is 1.51. The van der Waals surface area contributed by atoms with Gasteiger partial charge in [0.25, 0.3) is 5.91 Å². The molecule has 0 radical (unpaired) electrons. The molecule has 0 bridgehead atoms. The highest BCUT2D eigenvalue weighted by Crippen LogP contribution is 2.35. The summed E-state index contributed by atoms with van der Waals surface area (Å²) in [7, 11) is 1.62. The Morgan fingerprint density at radius 2 is 1.88 bits per heavy atom. The van der Waals surface area contributed by atoms with E-state index in [1.54, 1.807) is 49.5 Å². The van der Waals surface area contributed by atoms with Crippen LogP contribution in [-0.2, 0) is 11.4 Å². The lowest BCUT2D eigenvalue weighted by molar-refractivity contribution is -0.121. The molecule has 34 heavy (non-hydrogen) atoms. The fourth-order valence-electron chi connectivity index (χ4n) is 3.12. The molecule has 1 saturated heterocycles. The zero-order chi connectivity index (χ0) is 24.2. The lowest BCUT2D eigenvalue weighted by atomic mass is 10.2. The third-order valence-corrected chi connectivity index (χ3v) is 6.64. The molecule has 1 heterocycles. The number of carboxylic acid groups (broad SMARTS) is 1. The van der Waals surface area contributed by atoms with Gasteiger partial charge in [0.15, 0.2) is 5.17 Å². The van der Waals surface area contributed by atoms with E-state index < -0.39 is 5.97 Å². The molecule has 0 aliphatic carbocycles. The van der Waals surface area contributed by atoms with Crippen LogP contribution < -0.4 is 4.74 Å². The lowest BCUT2D eigenvalue weighted by Crippen LogP contribution is -2.23. The van der Waals surface area contributed by atoms with E-state index in [0.717, 1.165) is 11.1 Å². The second-order valence-corrected chi connectivity index (χ2v) is 9.12. The maximum atomic E-state index is 12.7. The van der Waals surface area contributed by atoms with E-state index in [-0.39, 0.29) is 18.1 Å². The minimum absolute atomic E-state index is 0.126. The standard InChI is InChI=1S/C25H18Cl2N2O4S/c1-29-23(30)22(34-25(29)28-18-7-4-6-16(13-18)24(31)32)12-15-9-10-21(20(27)11-15)33-14-17-5-2-3-8-19(17)26/h2-13H,14H2,1H3,(H,31,32). The molecular formula is C25H18Cl2N2O4S. The van der Waals surface area contributed by atoms with Crippen molar-refractivity contribution in [3.8, 4) is 5.75 Å². The summed E-state index contributed by atoms with van der Waals surface area (Å²) in [6.45, 7) is 0.280. The van der Waals surface area contributed by atoms with E-state index in [1.165, 1.54) is 28.8 Å². The predicted octanol–water partition coefficient (Wildman–Crippen LogP) is 6.50. The van der Waals surface area contributed by atoms with Crippen LogP contribution in [0.25, 0.3) is 6.08 Å². The minimum atomic E-state index is -1.04. The summed E-state index contributed by atoms with van der Waals surface area (Å²) in [5.41, 5.74) is 2.16. The number of carbonyl (C=O) groups excluding carboxylic acids is 1. The number of carbonyl (C=O) groups is 2. The number of likely N-dealkylation sites (N-methyl/N-ethyl adjacent to an activating group) is 1. The normalized spacial score (nSPS) is 15.9. The fourth-order valence-corrected chi connectivity index (χ4v) is 4.54. The number of hydrogen-bond donors (Lipinski definition) is 1. The van der Waals surface area contributed by atoms with Crippen LogP contribution in [-0.4, -0.2) is 34.1 Å². The summed E-state index contributed by atoms with van der Waals surface area (Å²) in [6.07, 6.45) is 1.73. The third kappa shape index (κ3) is 5.44. The molecule has 0 spiro atoms. The summed E-state index contributed by atoms with van der Waals surface area (Å²) < 4.78 is 5.80. The lowest BCUT2D eigenvalue weighted by Gasteiger charge is -2.10. The smallest absolute Gasteiger partial charge is 0.335 e. The molecule has 4 rings (SSSR count). The van der Waals surface area contributed by atoms with Gasteiger partial charge in [-0.25, -0.2) is 9.79 Å². The first kappa shape index (κ1) is 23.9. The zero-order valence-corrected chi connectivity index (χ0v) is 20.2. The average Bonchev–Trinajstić information content (AvgIpc) is 3.07. The second kappa shape index (κ2) is 10.3. The van der Waals surface area contributed by atoms with Crippen molar-refractivity contribution in [3.63, 3.8) is 0 Å². The van der Waals surface area contributed by atoms with Crippen molar-refractivity contribution in [1.82, 2.24) is 4.90 Å². The van der Waals surface area contributed by atoms with Gasteiger partial charge in [-0.3, -0.25) is 9.69 Å². The molecule has 3 aromatic carbocycles. The Labute approximate surface area is 210 Å². The number of ether oxygens (including phenoxy) is 1. The number of nitrogens with zero attached hydrogens (tertiary/aromatic N) is 2. The molecule has 0 aromatic heterocycles. The van der Waals surface area contributed by atoms with Crippen molar-refractivity contribution in [2.24, 2.45) is 4.99 Å². The first-order chi connectivity index (χ1) is 16.3. The van der Waals surface area contributed by atoms with Crippen LogP contribution in [0.3, 0.4) is 0 Å². The number of thioether (sulfide) groups is 1. The highest BCUT2D eigenvalue weighted by molar-refractivity contribution is 8.18. The van der Waals surface area contributed by atoms with Crippen LogP contribution in [0, 0.1) is 0 Å². The minimum Gasteiger partial charge on any atom is -0.487 e. The van der Waals surface area contributed by atoms with Gasteiger partial charge in [-0.1, -0.05) is 53.5 Å². The van der Waals surface area contributed by atoms with E-state index in [9.17, 15) is 9.59 Å². The first-order valence-corrected chi connectivity index (χ1v) is 11.6. The number of rotatable bonds is 6. The van der Waals surface area contributed by atoms with Gasteiger partial charge >= 0.3 is 5.97 Å². The van der Waals surface area contributed by atoms with Gasteiger partial charge in [0, 0.05) is 17.6 Å². The molecule has 0 atom stereocenters. The molecule has 1 aliphatic heterocycles. The monoisotopic (exact) mass is 512 g/mol. The van der Waals surface area contributed by atoms with Gasteiger partial charge in [0.2, 0.25) is 0 Å². The number of aliphatic imine (C=N–C) groups is 1. The van der Waals surface area contributed by atoms with Gasteiger partial charge in [0.05, 0.1) is 21.2 Å². The maximum Gasteiger partial charge on any atom is 0.335 e. The molecule has 1 aliphatic rings. The van der Waals surface area contributed by atoms with Crippen molar-refractivity contribution >= 4 is 63.8 Å². The largest absolute Gasteiger partial charge is 0.487 e. The maximum absolute atomic E-state index is 12.7. The summed E-state index contributed by atoms with van der Waals surface area (Å²) in [5, 5.41) is 10.6. The number of benzene rings is 3. The molecule has 9 heteroatoms. The van der Waals surface area contributed by atoms with Crippen molar-refractivity contribution in [2.75, 3.05) is 7.05 Å². The molecular weight excluding hydrogens is 495 g/mol. The molecule has 6 nitrogen and oxygen atoms in total. The second-order valence-electron chi connectivity index (χ2n) is 7.29. The Bertz CT molecular complexity index is 1340. The molecule has 1 amide bonds. The van der Waals surface area contributed by atoms with Gasteiger partial charge in [0.1, 0.15) is 12.4 Å². The number of hydrogen-bond acceptors (Lipinski definition) is 5. The Kier molecular flexibility index (Phi) is 7.26. The molecule has 3 aromatic rings. The number of halogens is 2. The van der Waals surface area contributed by atoms with E-state index in [2.05, 4.69) is 4.99 Å². The fraction of sp³-hybridized carbons (Fsp3) is 0.0800. The highest BCUT2D eigenvalue weighted by Gasteiger charge is 2.30. The van der Waals surface area contributed by atoms with Crippen LogP contribution in [0.5, 0.6) is 5.75 Å². The molecule has 1 fully saturated rings. The third-order valence-electron chi connectivity index (χ3n) is 4.92. The molecule has 0 unspecified atom stereocenters. The Morgan fingerprint density at radius 1 is 1.09 bits per heavy atom. The topological polar surface area (TPSA) is 79.2 Å². The van der Waals surface area contributed by atoms with E-state index in [0.29, 0.717) is 31.6 Å². The Morgan fingerprint density at radius 3 is 2.62 bits per heavy atom. The number of amides is 1. The van der Waals surface area contributed by atoms with Crippen LogP contribution in [0.15, 0.2) is 76.6 Å². The van der Waals surface area contributed by atoms with Crippen LogP contribution in [0.4, 0.5) is 5.69 Å². The van der Waals surface area contributed by atoms with Crippen LogP contribution in [0.2, 0.25) is 10.0 Å². The Hall–Kier alpha value is -3.26. The average molecular weight is 513 g/mol. The van der Waals surface area contributed by atoms with Crippen LogP contribution in [0.1, 0.15) is 21.5 Å². The van der Waals surface area contributed by atoms with Gasteiger partial charge in [-0.15, -0.1) is 0 Å². The van der Waals surface area contributed by atoms with Crippen molar-refractivity contribution < 1.29 is 19.4 Å². The van der Waals surface area contributed by atoms with E-state index in [4.69, 9.17) is 33.0 Å². The van der Waals surface area contributed by atoms with Gasteiger partial charge < -0.3 is 9.84 Å². The molecule has 172 valence electrons. The summed E-state index contributed by atoms with van der Waals surface area (Å²) in [5.74, 6) is -0.748. The predicted molar refractivity (Wildman–Crippen MR) is 136 cm³/mol.